The first-order chi connectivity index (χ1) is 13.3. The zero-order valence-corrected chi connectivity index (χ0v) is 15.6. The van der Waals surface area contributed by atoms with E-state index < -0.39 is 5.82 Å². The monoisotopic (exact) mass is 385 g/mol. The minimum absolute atomic E-state index is 0.128. The Kier molecular flexibility index (Phi) is 6.87. The van der Waals surface area contributed by atoms with Crippen LogP contribution in [-0.2, 0) is 13.2 Å². The van der Waals surface area contributed by atoms with Crippen molar-refractivity contribution in [3.63, 3.8) is 0 Å². The number of aromatic nitrogens is 3. The maximum absolute atomic E-state index is 13.7. The molecule has 7 heteroatoms. The number of halogens is 1. The minimum Gasteiger partial charge on any atom is -0.493 e. The molecule has 0 fully saturated rings. The molecule has 0 aliphatic carbocycles. The average Bonchev–Trinajstić information content (AvgIpc) is 3.07. The molecule has 140 valence electrons. The molecule has 0 N–H and O–H groups in total. The number of rotatable bonds is 10. The lowest BCUT2D eigenvalue weighted by atomic mass is 10.3. The second-order valence-corrected chi connectivity index (χ2v) is 6.59. The van der Waals surface area contributed by atoms with Gasteiger partial charge in [-0.15, -0.1) is 16.8 Å². The molecular formula is C20H20FN3O2S. The van der Waals surface area contributed by atoms with Gasteiger partial charge in [0.15, 0.2) is 22.5 Å². The molecule has 0 aliphatic heterocycles. The molecule has 27 heavy (non-hydrogen) atoms. The van der Waals surface area contributed by atoms with Crippen molar-refractivity contribution < 1.29 is 13.9 Å². The van der Waals surface area contributed by atoms with Gasteiger partial charge >= 0.3 is 0 Å². The van der Waals surface area contributed by atoms with Gasteiger partial charge in [-0.25, -0.2) is 4.39 Å². The van der Waals surface area contributed by atoms with Crippen molar-refractivity contribution in [2.24, 2.45) is 0 Å². The number of para-hydroxylation sites is 2. The molecule has 0 aliphatic rings. The number of hydrogen-bond donors (Lipinski definition) is 0. The first-order valence-electron chi connectivity index (χ1n) is 8.49. The summed E-state index contributed by atoms with van der Waals surface area (Å²) < 4.78 is 26.8. The van der Waals surface area contributed by atoms with Crippen molar-refractivity contribution in [2.45, 2.75) is 18.3 Å². The van der Waals surface area contributed by atoms with Crippen LogP contribution >= 0.6 is 11.8 Å². The molecule has 0 radical (unpaired) electrons. The Bertz CT molecular complexity index is 871. The lowest BCUT2D eigenvalue weighted by Gasteiger charge is -2.10. The molecule has 1 aromatic heterocycles. The zero-order valence-electron chi connectivity index (χ0n) is 14.8. The van der Waals surface area contributed by atoms with Crippen LogP contribution in [0.15, 0.2) is 72.4 Å². The summed E-state index contributed by atoms with van der Waals surface area (Å²) in [4.78, 5) is 0. The van der Waals surface area contributed by atoms with Crippen LogP contribution in [0.1, 0.15) is 5.82 Å². The average molecular weight is 385 g/mol. The predicted molar refractivity (Wildman–Crippen MR) is 104 cm³/mol. The smallest absolute Gasteiger partial charge is 0.191 e. The third-order valence-electron chi connectivity index (χ3n) is 3.62. The molecular weight excluding hydrogens is 365 g/mol. The molecule has 3 rings (SSSR count). The van der Waals surface area contributed by atoms with Gasteiger partial charge in [0.05, 0.1) is 6.61 Å². The Balaban J connectivity index is 1.57. The van der Waals surface area contributed by atoms with Gasteiger partial charge in [0.25, 0.3) is 0 Å². The van der Waals surface area contributed by atoms with Crippen molar-refractivity contribution in [1.82, 2.24) is 14.8 Å². The van der Waals surface area contributed by atoms with Crippen molar-refractivity contribution in [2.75, 3.05) is 12.4 Å². The van der Waals surface area contributed by atoms with Gasteiger partial charge in [0, 0.05) is 12.3 Å². The van der Waals surface area contributed by atoms with E-state index in [-0.39, 0.29) is 12.4 Å². The Morgan fingerprint density at radius 2 is 1.81 bits per heavy atom. The van der Waals surface area contributed by atoms with E-state index >= 15 is 0 Å². The van der Waals surface area contributed by atoms with E-state index in [1.807, 2.05) is 34.9 Å². The number of ether oxygens (including phenoxy) is 2. The fourth-order valence-electron chi connectivity index (χ4n) is 2.36. The third kappa shape index (κ3) is 5.34. The fraction of sp³-hybridized carbons (Fsp3) is 0.200. The van der Waals surface area contributed by atoms with Gasteiger partial charge in [-0.3, -0.25) is 4.57 Å². The molecule has 0 amide bonds. The van der Waals surface area contributed by atoms with Gasteiger partial charge in [-0.1, -0.05) is 48.2 Å². The lowest BCUT2D eigenvalue weighted by Crippen LogP contribution is -2.08. The van der Waals surface area contributed by atoms with Crippen molar-refractivity contribution in [1.29, 1.82) is 0 Å². The molecule has 3 aromatic rings. The van der Waals surface area contributed by atoms with E-state index in [0.717, 1.165) is 16.7 Å². The normalized spacial score (nSPS) is 10.6. The predicted octanol–water partition coefficient (Wildman–Crippen LogP) is 4.35. The van der Waals surface area contributed by atoms with Crippen LogP contribution in [0.4, 0.5) is 4.39 Å². The number of thioether (sulfide) groups is 1. The molecule has 2 aromatic carbocycles. The molecule has 0 bridgehead atoms. The van der Waals surface area contributed by atoms with E-state index in [4.69, 9.17) is 9.47 Å². The molecule has 1 heterocycles. The highest BCUT2D eigenvalue weighted by Gasteiger charge is 2.13. The number of hydrogen-bond acceptors (Lipinski definition) is 5. The fourth-order valence-corrected chi connectivity index (χ4v) is 3.14. The summed E-state index contributed by atoms with van der Waals surface area (Å²) in [5, 5.41) is 9.13. The highest BCUT2D eigenvalue weighted by atomic mass is 32.2. The van der Waals surface area contributed by atoms with Crippen LogP contribution < -0.4 is 9.47 Å². The van der Waals surface area contributed by atoms with E-state index in [2.05, 4.69) is 16.8 Å². The molecule has 0 atom stereocenters. The van der Waals surface area contributed by atoms with Crippen LogP contribution in [0, 0.1) is 5.82 Å². The SMILES string of the molecule is C=CCn1c(COc2ccccc2F)nnc1SCCOc1ccccc1. The van der Waals surface area contributed by atoms with Crippen LogP contribution in [0.5, 0.6) is 11.5 Å². The van der Waals surface area contributed by atoms with Gasteiger partial charge in [0.1, 0.15) is 12.4 Å². The summed E-state index contributed by atoms with van der Waals surface area (Å²) in [6.45, 7) is 5.00. The molecule has 5 nitrogen and oxygen atoms in total. The van der Waals surface area contributed by atoms with Crippen molar-refractivity contribution in [3.05, 3.63) is 78.9 Å². The van der Waals surface area contributed by atoms with Crippen LogP contribution in [0.25, 0.3) is 0 Å². The largest absolute Gasteiger partial charge is 0.493 e. The standard InChI is InChI=1S/C20H20FN3O2S/c1-2-12-24-19(15-26-18-11-7-6-10-17(18)21)22-23-20(24)27-14-13-25-16-8-4-3-5-9-16/h2-11H,1,12-15H2. The number of allylic oxidation sites excluding steroid dienone is 1. The first-order valence-corrected chi connectivity index (χ1v) is 9.47. The van der Waals surface area contributed by atoms with Gasteiger partial charge in [0.2, 0.25) is 0 Å². The van der Waals surface area contributed by atoms with E-state index in [9.17, 15) is 4.39 Å². The minimum atomic E-state index is -0.403. The summed E-state index contributed by atoms with van der Waals surface area (Å²) in [5.41, 5.74) is 0. The van der Waals surface area contributed by atoms with Gasteiger partial charge < -0.3 is 9.47 Å². The van der Waals surface area contributed by atoms with Crippen molar-refractivity contribution in [3.8, 4) is 11.5 Å². The first kappa shape index (κ1) is 19.0. The van der Waals surface area contributed by atoms with Crippen LogP contribution in [0.3, 0.4) is 0 Å². The summed E-state index contributed by atoms with van der Waals surface area (Å²) >= 11 is 1.54. The van der Waals surface area contributed by atoms with Crippen LogP contribution in [0.2, 0.25) is 0 Å². The summed E-state index contributed by atoms with van der Waals surface area (Å²) in [5.74, 6) is 1.96. The maximum Gasteiger partial charge on any atom is 0.191 e. The molecule has 0 spiro atoms. The van der Waals surface area contributed by atoms with E-state index in [1.165, 1.54) is 17.8 Å². The summed E-state index contributed by atoms with van der Waals surface area (Å²) in [6.07, 6.45) is 1.76. The zero-order chi connectivity index (χ0) is 18.9. The highest BCUT2D eigenvalue weighted by Crippen LogP contribution is 2.20. The molecule has 0 saturated carbocycles. The summed E-state index contributed by atoms with van der Waals surface area (Å²) in [7, 11) is 0. The molecule has 0 unspecified atom stereocenters. The molecule has 0 saturated heterocycles. The highest BCUT2D eigenvalue weighted by molar-refractivity contribution is 7.99. The van der Waals surface area contributed by atoms with E-state index in [0.29, 0.717) is 19.0 Å². The van der Waals surface area contributed by atoms with Gasteiger partial charge in [-0.05, 0) is 24.3 Å². The maximum atomic E-state index is 13.7. The second-order valence-electron chi connectivity index (χ2n) is 5.53. The topological polar surface area (TPSA) is 49.2 Å². The lowest BCUT2D eigenvalue weighted by molar-refractivity contribution is 0.275. The third-order valence-corrected chi connectivity index (χ3v) is 4.56. The van der Waals surface area contributed by atoms with Crippen molar-refractivity contribution >= 4 is 11.8 Å². The second kappa shape index (κ2) is 9.78. The Morgan fingerprint density at radius 3 is 2.59 bits per heavy atom. The van der Waals surface area contributed by atoms with Crippen LogP contribution in [-0.4, -0.2) is 27.1 Å². The summed E-state index contributed by atoms with van der Waals surface area (Å²) in [6, 6.07) is 15.9. The van der Waals surface area contributed by atoms with Gasteiger partial charge in [-0.2, -0.15) is 0 Å². The quantitative estimate of drug-likeness (QED) is 0.295. The Hall–Kier alpha value is -2.80. The number of nitrogens with zero attached hydrogens (tertiary/aromatic N) is 3. The Morgan fingerprint density at radius 1 is 1.04 bits per heavy atom. The Labute approximate surface area is 161 Å². The number of benzene rings is 2. The van der Waals surface area contributed by atoms with E-state index in [1.54, 1.807) is 24.3 Å².